The molecule has 2 aromatic rings. The van der Waals surface area contributed by atoms with Gasteiger partial charge in [0, 0.05) is 5.56 Å². The zero-order valence-corrected chi connectivity index (χ0v) is 8.43. The SMILES string of the molecule is Cc1noc(CC=O)c1-c1ccccc1. The Labute approximate surface area is 87.7 Å². The molecule has 0 amide bonds. The summed E-state index contributed by atoms with van der Waals surface area (Å²) < 4.78 is 5.11. The molecule has 0 N–H and O–H groups in total. The summed E-state index contributed by atoms with van der Waals surface area (Å²) in [5, 5.41) is 3.88. The number of aldehydes is 1. The molecule has 0 bridgehead atoms. The molecule has 3 nitrogen and oxygen atoms in total. The van der Waals surface area contributed by atoms with Crippen LogP contribution in [0.25, 0.3) is 11.1 Å². The molecule has 0 atom stereocenters. The Morgan fingerprint density at radius 2 is 2.07 bits per heavy atom. The second-order valence-corrected chi connectivity index (χ2v) is 3.30. The van der Waals surface area contributed by atoms with E-state index in [2.05, 4.69) is 5.16 Å². The molecule has 3 heteroatoms. The molecule has 0 unspecified atom stereocenters. The van der Waals surface area contributed by atoms with E-state index in [1.807, 2.05) is 37.3 Å². The van der Waals surface area contributed by atoms with Gasteiger partial charge in [-0.15, -0.1) is 0 Å². The third kappa shape index (κ3) is 1.81. The lowest BCUT2D eigenvalue weighted by Crippen LogP contribution is -1.87. The predicted molar refractivity (Wildman–Crippen MR) is 56.4 cm³/mol. The lowest BCUT2D eigenvalue weighted by Gasteiger charge is -1.99. The number of aryl methyl sites for hydroxylation is 1. The Bertz CT molecular complexity index is 460. The van der Waals surface area contributed by atoms with Crippen LogP contribution in [0.1, 0.15) is 11.5 Å². The highest BCUT2D eigenvalue weighted by Gasteiger charge is 2.13. The Kier molecular flexibility index (Phi) is 2.63. The third-order valence-corrected chi connectivity index (χ3v) is 2.26. The predicted octanol–water partition coefficient (Wildman–Crippen LogP) is 2.39. The van der Waals surface area contributed by atoms with Crippen molar-refractivity contribution in [2.45, 2.75) is 13.3 Å². The van der Waals surface area contributed by atoms with E-state index in [-0.39, 0.29) is 6.42 Å². The summed E-state index contributed by atoms with van der Waals surface area (Å²) in [5.74, 6) is 0.633. The molecule has 1 aromatic heterocycles. The number of nitrogens with zero attached hydrogens (tertiary/aromatic N) is 1. The van der Waals surface area contributed by atoms with Crippen molar-refractivity contribution in [1.29, 1.82) is 0 Å². The molecule has 76 valence electrons. The van der Waals surface area contributed by atoms with Crippen LogP contribution in [-0.4, -0.2) is 11.4 Å². The molecule has 1 heterocycles. The van der Waals surface area contributed by atoms with E-state index in [4.69, 9.17) is 4.52 Å². The fourth-order valence-corrected chi connectivity index (χ4v) is 1.61. The molecule has 15 heavy (non-hydrogen) atoms. The largest absolute Gasteiger partial charge is 0.360 e. The minimum atomic E-state index is 0.269. The van der Waals surface area contributed by atoms with Crippen LogP contribution in [0.2, 0.25) is 0 Å². The average molecular weight is 201 g/mol. The number of benzene rings is 1. The van der Waals surface area contributed by atoms with Gasteiger partial charge in [-0.2, -0.15) is 0 Å². The fraction of sp³-hybridized carbons (Fsp3) is 0.167. The Morgan fingerprint density at radius 3 is 2.73 bits per heavy atom. The van der Waals surface area contributed by atoms with Gasteiger partial charge in [-0.1, -0.05) is 35.5 Å². The van der Waals surface area contributed by atoms with Gasteiger partial charge in [-0.05, 0) is 12.5 Å². The van der Waals surface area contributed by atoms with E-state index >= 15 is 0 Å². The molecule has 2 rings (SSSR count). The minimum Gasteiger partial charge on any atom is -0.360 e. The van der Waals surface area contributed by atoms with Gasteiger partial charge in [-0.25, -0.2) is 0 Å². The number of hydrogen-bond acceptors (Lipinski definition) is 3. The third-order valence-electron chi connectivity index (χ3n) is 2.26. The van der Waals surface area contributed by atoms with Crippen molar-refractivity contribution in [1.82, 2.24) is 5.16 Å². The van der Waals surface area contributed by atoms with Crippen LogP contribution in [-0.2, 0) is 11.2 Å². The van der Waals surface area contributed by atoms with E-state index in [1.165, 1.54) is 0 Å². The van der Waals surface area contributed by atoms with Gasteiger partial charge >= 0.3 is 0 Å². The van der Waals surface area contributed by atoms with Crippen molar-refractivity contribution in [3.63, 3.8) is 0 Å². The van der Waals surface area contributed by atoms with E-state index in [0.29, 0.717) is 5.76 Å². The molecular weight excluding hydrogens is 190 g/mol. The van der Waals surface area contributed by atoms with Crippen LogP contribution in [0.4, 0.5) is 0 Å². The van der Waals surface area contributed by atoms with Gasteiger partial charge in [0.2, 0.25) is 0 Å². The molecule has 0 aliphatic carbocycles. The highest BCUT2D eigenvalue weighted by Crippen LogP contribution is 2.26. The van der Waals surface area contributed by atoms with Crippen molar-refractivity contribution in [3.8, 4) is 11.1 Å². The normalized spacial score (nSPS) is 10.2. The summed E-state index contributed by atoms with van der Waals surface area (Å²) in [4.78, 5) is 10.5. The first kappa shape index (κ1) is 9.65. The van der Waals surface area contributed by atoms with Crippen LogP contribution in [0, 0.1) is 6.92 Å². The quantitative estimate of drug-likeness (QED) is 0.716. The van der Waals surface area contributed by atoms with Crippen molar-refractivity contribution < 1.29 is 9.32 Å². The second kappa shape index (κ2) is 4.09. The summed E-state index contributed by atoms with van der Waals surface area (Å²) in [6.07, 6.45) is 1.09. The Balaban J connectivity index is 2.51. The highest BCUT2D eigenvalue weighted by atomic mass is 16.5. The molecule has 0 fully saturated rings. The molecule has 0 saturated heterocycles. The van der Waals surface area contributed by atoms with Crippen LogP contribution in [0.15, 0.2) is 34.9 Å². The first-order chi connectivity index (χ1) is 7.33. The lowest BCUT2D eigenvalue weighted by atomic mass is 10.0. The number of hydrogen-bond donors (Lipinski definition) is 0. The molecular formula is C12H11NO2. The molecule has 0 radical (unpaired) electrons. The number of rotatable bonds is 3. The van der Waals surface area contributed by atoms with Gasteiger partial charge in [0.25, 0.3) is 0 Å². The van der Waals surface area contributed by atoms with Crippen LogP contribution in [0.3, 0.4) is 0 Å². The maximum Gasteiger partial charge on any atom is 0.151 e. The standard InChI is InChI=1S/C12H11NO2/c1-9-12(10-5-3-2-4-6-10)11(7-8-14)15-13-9/h2-6,8H,7H2,1H3. The monoisotopic (exact) mass is 201 g/mol. The second-order valence-electron chi connectivity index (χ2n) is 3.30. The summed E-state index contributed by atoms with van der Waals surface area (Å²) in [5.41, 5.74) is 2.79. The molecule has 0 spiro atoms. The van der Waals surface area contributed by atoms with Crippen LogP contribution in [0.5, 0.6) is 0 Å². The molecule has 0 aliphatic heterocycles. The number of aromatic nitrogens is 1. The van der Waals surface area contributed by atoms with Gasteiger partial charge < -0.3 is 9.32 Å². The Hall–Kier alpha value is -1.90. The van der Waals surface area contributed by atoms with Gasteiger partial charge in [0.05, 0.1) is 12.1 Å². The van der Waals surface area contributed by atoms with E-state index in [9.17, 15) is 4.79 Å². The highest BCUT2D eigenvalue weighted by molar-refractivity contribution is 5.70. The smallest absolute Gasteiger partial charge is 0.151 e. The van der Waals surface area contributed by atoms with Crippen molar-refractivity contribution in [3.05, 3.63) is 41.8 Å². The van der Waals surface area contributed by atoms with Gasteiger partial charge in [0.15, 0.2) is 5.76 Å². The Morgan fingerprint density at radius 1 is 1.33 bits per heavy atom. The number of carbonyl (C=O) groups excluding carboxylic acids is 1. The van der Waals surface area contributed by atoms with Crippen molar-refractivity contribution >= 4 is 6.29 Å². The molecule has 0 aliphatic rings. The van der Waals surface area contributed by atoms with E-state index in [1.54, 1.807) is 0 Å². The van der Waals surface area contributed by atoms with Gasteiger partial charge in [-0.3, -0.25) is 0 Å². The summed E-state index contributed by atoms with van der Waals surface area (Å²) >= 11 is 0. The van der Waals surface area contributed by atoms with Gasteiger partial charge in [0.1, 0.15) is 6.29 Å². The van der Waals surface area contributed by atoms with E-state index < -0.39 is 0 Å². The summed E-state index contributed by atoms with van der Waals surface area (Å²) in [7, 11) is 0. The average Bonchev–Trinajstić information content (AvgIpc) is 2.62. The summed E-state index contributed by atoms with van der Waals surface area (Å²) in [6.45, 7) is 1.88. The molecule has 1 aromatic carbocycles. The van der Waals surface area contributed by atoms with Crippen LogP contribution < -0.4 is 0 Å². The number of carbonyl (C=O) groups is 1. The van der Waals surface area contributed by atoms with Crippen LogP contribution >= 0.6 is 0 Å². The first-order valence-corrected chi connectivity index (χ1v) is 4.77. The molecule has 0 saturated carbocycles. The lowest BCUT2D eigenvalue weighted by molar-refractivity contribution is -0.107. The van der Waals surface area contributed by atoms with Crippen molar-refractivity contribution in [2.24, 2.45) is 0 Å². The van der Waals surface area contributed by atoms with Crippen molar-refractivity contribution in [2.75, 3.05) is 0 Å². The maximum absolute atomic E-state index is 10.5. The van der Waals surface area contributed by atoms with E-state index in [0.717, 1.165) is 23.1 Å². The maximum atomic E-state index is 10.5. The zero-order chi connectivity index (χ0) is 10.7. The first-order valence-electron chi connectivity index (χ1n) is 4.77. The minimum absolute atomic E-state index is 0.269. The topological polar surface area (TPSA) is 43.1 Å². The summed E-state index contributed by atoms with van der Waals surface area (Å²) in [6, 6.07) is 9.81. The fourth-order valence-electron chi connectivity index (χ4n) is 1.61. The zero-order valence-electron chi connectivity index (χ0n) is 8.43.